The van der Waals surface area contributed by atoms with Crippen LogP contribution in [0.5, 0.6) is 0 Å². The molecule has 0 saturated carbocycles. The number of aliphatic hydroxyl groups excluding tert-OH is 1. The molecule has 32 heavy (non-hydrogen) atoms. The summed E-state index contributed by atoms with van der Waals surface area (Å²) in [4.78, 5) is 49.0. The number of carbonyl (C=O) groups excluding carboxylic acids is 3. The SMILES string of the molecule is CSCCC(NC(=O)C(N)CCCCN)C(=O)NC(CCSC)C(=O)NC(CO)C(=O)O. The van der Waals surface area contributed by atoms with Crippen LogP contribution < -0.4 is 27.4 Å². The molecule has 0 saturated heterocycles. The summed E-state index contributed by atoms with van der Waals surface area (Å²) >= 11 is 2.96. The van der Waals surface area contributed by atoms with Crippen molar-refractivity contribution in [2.24, 2.45) is 11.5 Å². The van der Waals surface area contributed by atoms with E-state index in [-0.39, 0.29) is 6.42 Å². The summed E-state index contributed by atoms with van der Waals surface area (Å²) in [5.41, 5.74) is 11.4. The van der Waals surface area contributed by atoms with E-state index in [0.717, 1.165) is 6.42 Å². The quantitative estimate of drug-likeness (QED) is 0.110. The predicted molar refractivity (Wildman–Crippen MR) is 127 cm³/mol. The van der Waals surface area contributed by atoms with Crippen molar-refractivity contribution in [2.45, 2.75) is 56.3 Å². The standard InChI is InChI=1S/C19H37N5O6S2/c1-31-9-6-13(22-16(26)12(21)5-3-4-8-20)17(27)23-14(7-10-32-2)18(28)24-15(11-25)19(29)30/h12-15,25H,3-11,20-21H2,1-2H3,(H,22,26)(H,23,27)(H,24,28)(H,29,30). The van der Waals surface area contributed by atoms with Crippen molar-refractivity contribution in [3.63, 3.8) is 0 Å². The molecule has 0 aliphatic rings. The Labute approximate surface area is 197 Å². The van der Waals surface area contributed by atoms with Gasteiger partial charge in [0, 0.05) is 0 Å². The summed E-state index contributed by atoms with van der Waals surface area (Å²) in [7, 11) is 0. The molecule has 0 aliphatic heterocycles. The van der Waals surface area contributed by atoms with E-state index in [1.807, 2.05) is 12.5 Å². The summed E-state index contributed by atoms with van der Waals surface area (Å²) in [5.74, 6) is -2.00. The zero-order chi connectivity index (χ0) is 24.5. The fourth-order valence-electron chi connectivity index (χ4n) is 2.66. The lowest BCUT2D eigenvalue weighted by Gasteiger charge is -2.25. The Morgan fingerprint density at radius 2 is 1.28 bits per heavy atom. The van der Waals surface area contributed by atoms with Crippen molar-refractivity contribution in [2.75, 3.05) is 37.2 Å². The molecule has 186 valence electrons. The van der Waals surface area contributed by atoms with E-state index in [1.54, 1.807) is 0 Å². The largest absolute Gasteiger partial charge is 0.480 e. The van der Waals surface area contributed by atoms with Gasteiger partial charge in [-0.3, -0.25) is 14.4 Å². The molecule has 0 radical (unpaired) electrons. The highest BCUT2D eigenvalue weighted by atomic mass is 32.2. The van der Waals surface area contributed by atoms with E-state index in [4.69, 9.17) is 21.7 Å². The number of thioether (sulfide) groups is 2. The first-order valence-electron chi connectivity index (χ1n) is 10.4. The highest BCUT2D eigenvalue weighted by Gasteiger charge is 2.29. The average molecular weight is 496 g/mol. The third-order valence-electron chi connectivity index (χ3n) is 4.59. The molecular weight excluding hydrogens is 458 g/mol. The normalized spacial score (nSPS) is 14.7. The predicted octanol–water partition coefficient (Wildman–Crippen LogP) is -1.52. The molecule has 13 heteroatoms. The molecule has 3 amide bonds. The number of carbonyl (C=O) groups is 4. The zero-order valence-electron chi connectivity index (χ0n) is 18.7. The molecule has 0 aromatic rings. The van der Waals surface area contributed by atoms with Crippen LogP contribution >= 0.6 is 23.5 Å². The van der Waals surface area contributed by atoms with E-state index in [2.05, 4.69) is 16.0 Å². The van der Waals surface area contributed by atoms with Gasteiger partial charge < -0.3 is 37.6 Å². The van der Waals surface area contributed by atoms with E-state index in [9.17, 15) is 19.2 Å². The second kappa shape index (κ2) is 18.0. The van der Waals surface area contributed by atoms with Crippen LogP contribution in [0.3, 0.4) is 0 Å². The molecule has 11 nitrogen and oxygen atoms in total. The van der Waals surface area contributed by atoms with Crippen LogP contribution in [0.1, 0.15) is 32.1 Å². The first-order valence-corrected chi connectivity index (χ1v) is 13.2. The van der Waals surface area contributed by atoms with Crippen LogP contribution in [0, 0.1) is 0 Å². The molecule has 0 spiro atoms. The van der Waals surface area contributed by atoms with Crippen molar-refractivity contribution in [3.05, 3.63) is 0 Å². The summed E-state index contributed by atoms with van der Waals surface area (Å²) < 4.78 is 0. The Morgan fingerprint density at radius 3 is 1.69 bits per heavy atom. The summed E-state index contributed by atoms with van der Waals surface area (Å²) in [6, 6.07) is -4.17. The van der Waals surface area contributed by atoms with Crippen LogP contribution in [0.2, 0.25) is 0 Å². The monoisotopic (exact) mass is 495 g/mol. The van der Waals surface area contributed by atoms with Crippen LogP contribution in [0.15, 0.2) is 0 Å². The lowest BCUT2D eigenvalue weighted by Crippen LogP contribution is -2.57. The van der Waals surface area contributed by atoms with Gasteiger partial charge in [-0.25, -0.2) is 4.79 Å². The molecule has 9 N–H and O–H groups in total. The van der Waals surface area contributed by atoms with E-state index in [1.165, 1.54) is 23.5 Å². The number of nitrogens with one attached hydrogen (secondary N) is 3. The van der Waals surface area contributed by atoms with Crippen LogP contribution in [-0.4, -0.2) is 95.2 Å². The lowest BCUT2D eigenvalue weighted by molar-refractivity contribution is -0.143. The van der Waals surface area contributed by atoms with Gasteiger partial charge in [-0.15, -0.1) is 0 Å². The molecule has 0 aromatic carbocycles. The van der Waals surface area contributed by atoms with Gasteiger partial charge >= 0.3 is 5.97 Å². The van der Waals surface area contributed by atoms with Crippen molar-refractivity contribution in [1.82, 2.24) is 16.0 Å². The fraction of sp³-hybridized carbons (Fsp3) is 0.789. The third kappa shape index (κ3) is 12.5. The number of rotatable bonds is 18. The average Bonchev–Trinajstić information content (AvgIpc) is 2.76. The van der Waals surface area contributed by atoms with Crippen molar-refractivity contribution in [3.8, 4) is 0 Å². The Morgan fingerprint density at radius 1 is 0.812 bits per heavy atom. The maximum absolute atomic E-state index is 12.9. The van der Waals surface area contributed by atoms with Crippen molar-refractivity contribution < 1.29 is 29.4 Å². The topological polar surface area (TPSA) is 197 Å². The Hall–Kier alpha value is -1.54. The van der Waals surface area contributed by atoms with Gasteiger partial charge in [-0.2, -0.15) is 23.5 Å². The number of hydrogen-bond acceptors (Lipinski definition) is 9. The Bertz CT molecular complexity index is 599. The fourth-order valence-corrected chi connectivity index (χ4v) is 3.60. The number of hydrogen-bond donors (Lipinski definition) is 7. The van der Waals surface area contributed by atoms with Gasteiger partial charge in [0.2, 0.25) is 17.7 Å². The molecule has 4 unspecified atom stereocenters. The third-order valence-corrected chi connectivity index (χ3v) is 5.88. The molecule has 0 aromatic heterocycles. The summed E-state index contributed by atoms with van der Waals surface area (Å²) in [6.07, 6.45) is 6.16. The van der Waals surface area contributed by atoms with Gasteiger partial charge in [-0.05, 0) is 56.2 Å². The lowest BCUT2D eigenvalue weighted by atomic mass is 10.1. The molecule has 0 heterocycles. The van der Waals surface area contributed by atoms with E-state index >= 15 is 0 Å². The minimum absolute atomic E-state index is 0.248. The van der Waals surface area contributed by atoms with E-state index in [0.29, 0.717) is 37.3 Å². The van der Waals surface area contributed by atoms with Gasteiger partial charge in [0.05, 0.1) is 12.6 Å². The van der Waals surface area contributed by atoms with Gasteiger partial charge in [0.1, 0.15) is 18.1 Å². The maximum atomic E-state index is 12.9. The number of carboxylic acid groups (broad SMARTS) is 1. The smallest absolute Gasteiger partial charge is 0.328 e. The van der Waals surface area contributed by atoms with Gasteiger partial charge in [0.15, 0.2) is 0 Å². The number of carboxylic acids is 1. The molecule has 4 atom stereocenters. The van der Waals surface area contributed by atoms with Crippen LogP contribution in [0.25, 0.3) is 0 Å². The molecule has 0 rings (SSSR count). The number of aliphatic hydroxyl groups is 1. The molecule has 0 bridgehead atoms. The minimum atomic E-state index is -1.48. The number of aliphatic carboxylic acids is 1. The first kappa shape index (κ1) is 30.5. The van der Waals surface area contributed by atoms with Crippen molar-refractivity contribution >= 4 is 47.2 Å². The van der Waals surface area contributed by atoms with Crippen LogP contribution in [-0.2, 0) is 19.2 Å². The zero-order valence-corrected chi connectivity index (χ0v) is 20.3. The second-order valence-electron chi connectivity index (χ2n) is 7.16. The number of amides is 3. The highest BCUT2D eigenvalue weighted by molar-refractivity contribution is 7.98. The highest BCUT2D eigenvalue weighted by Crippen LogP contribution is 2.07. The number of nitrogens with two attached hydrogens (primary N) is 2. The minimum Gasteiger partial charge on any atom is -0.480 e. The molecular formula is C19H37N5O6S2. The van der Waals surface area contributed by atoms with Gasteiger partial charge in [0.25, 0.3) is 0 Å². The molecule has 0 fully saturated rings. The second-order valence-corrected chi connectivity index (χ2v) is 9.13. The Kier molecular flexibility index (Phi) is 17.1. The summed E-state index contributed by atoms with van der Waals surface area (Å²) in [5, 5.41) is 25.7. The van der Waals surface area contributed by atoms with E-state index < -0.39 is 54.5 Å². The van der Waals surface area contributed by atoms with Gasteiger partial charge in [-0.1, -0.05) is 6.42 Å². The molecule has 0 aliphatic carbocycles. The van der Waals surface area contributed by atoms with Crippen molar-refractivity contribution in [1.29, 1.82) is 0 Å². The van der Waals surface area contributed by atoms with Crippen LogP contribution in [0.4, 0.5) is 0 Å². The number of unbranched alkanes of at least 4 members (excludes halogenated alkanes) is 1. The Balaban J connectivity index is 5.23. The first-order chi connectivity index (χ1) is 15.2. The summed E-state index contributed by atoms with van der Waals surface area (Å²) in [6.45, 7) is -0.273. The maximum Gasteiger partial charge on any atom is 0.328 e.